The molecule has 0 radical (unpaired) electrons. The minimum Gasteiger partial charge on any atom is -0.455 e. The van der Waals surface area contributed by atoms with Crippen LogP contribution in [0.2, 0.25) is 0 Å². The molecule has 2 heterocycles. The minimum atomic E-state index is -0.351. The normalized spacial score (nSPS) is 17.6. The highest BCUT2D eigenvalue weighted by molar-refractivity contribution is 6.21. The van der Waals surface area contributed by atoms with E-state index in [1.54, 1.807) is 0 Å². The first-order chi connectivity index (χ1) is 41.2. The first-order valence-electron chi connectivity index (χ1n) is 31.2. The van der Waals surface area contributed by atoms with Crippen LogP contribution in [-0.2, 0) is 32.5 Å². The molecule has 414 valence electrons. The topological polar surface area (TPSA) is 26.3 Å². The molecular formula is C84H66O2. The molecule has 19 rings (SSSR count). The number of benzene rings is 11. The second-order valence-electron chi connectivity index (χ2n) is 29.5. The standard InChI is InChI=1S/C84H66O2/c1-79(2)59-25-17-13-21-45(59)53-37-65-55(39-63(53)79)47-31-29-43(33-61(47)81(65,5)6)51-35-70-75(78-73(51)49-23-15-19-27-71(49)86-78)58-42-67-57(41-68(58)84(70,11)12)74-69(83(67,9)10)36-52(77-76(74)50-24-16-20-28-72(50)85-77)44-30-32-48-56-40-64-54(38-66(56)82(7,8)62(48)34-44)46-22-14-18-26-60(46)80(64,3)4/h13-42H,1-12H3. The number of fused-ring (bicyclic) bond motifs is 26. The molecule has 86 heavy (non-hydrogen) atoms. The molecule has 0 atom stereocenters. The fourth-order valence-corrected chi connectivity index (χ4v) is 18.3. The molecule has 0 saturated heterocycles. The van der Waals surface area contributed by atoms with Crippen LogP contribution >= 0.6 is 0 Å². The van der Waals surface area contributed by atoms with Crippen LogP contribution in [0.3, 0.4) is 0 Å². The van der Waals surface area contributed by atoms with Crippen molar-refractivity contribution in [3.8, 4) is 89.0 Å². The van der Waals surface area contributed by atoms with Gasteiger partial charge in [-0.3, -0.25) is 0 Å². The predicted octanol–water partition coefficient (Wildman–Crippen LogP) is 22.7. The van der Waals surface area contributed by atoms with E-state index < -0.39 is 0 Å². The largest absolute Gasteiger partial charge is 0.455 e. The van der Waals surface area contributed by atoms with Crippen LogP contribution in [0.1, 0.15) is 150 Å². The number of rotatable bonds is 2. The van der Waals surface area contributed by atoms with Crippen LogP contribution in [0.15, 0.2) is 191 Å². The number of furan rings is 2. The molecule has 0 amide bonds. The van der Waals surface area contributed by atoms with Gasteiger partial charge in [0.05, 0.1) is 0 Å². The average molecular weight is 1110 g/mol. The number of hydrogen-bond acceptors (Lipinski definition) is 2. The van der Waals surface area contributed by atoms with Gasteiger partial charge in [-0.15, -0.1) is 0 Å². The Kier molecular flexibility index (Phi) is 8.79. The maximum atomic E-state index is 7.28. The van der Waals surface area contributed by atoms with Crippen molar-refractivity contribution < 1.29 is 8.83 Å². The van der Waals surface area contributed by atoms with E-state index >= 15 is 0 Å². The Morgan fingerprint density at radius 2 is 0.547 bits per heavy atom. The summed E-state index contributed by atoms with van der Waals surface area (Å²) in [5.74, 6) is 0. The Balaban J connectivity index is 0.769. The van der Waals surface area contributed by atoms with E-state index in [-0.39, 0.29) is 32.5 Å². The fraction of sp³-hybridized carbons (Fsp3) is 0.214. The Bertz CT molecular complexity index is 5400. The molecule has 2 nitrogen and oxygen atoms in total. The van der Waals surface area contributed by atoms with Gasteiger partial charge < -0.3 is 8.83 Å². The van der Waals surface area contributed by atoms with E-state index in [4.69, 9.17) is 8.83 Å². The second kappa shape index (κ2) is 15.3. The van der Waals surface area contributed by atoms with Gasteiger partial charge in [-0.1, -0.05) is 192 Å². The molecular weight excluding hydrogens is 1040 g/mol. The first-order valence-corrected chi connectivity index (χ1v) is 31.2. The van der Waals surface area contributed by atoms with Gasteiger partial charge in [0.1, 0.15) is 22.3 Å². The highest BCUT2D eigenvalue weighted by Gasteiger charge is 2.48. The highest BCUT2D eigenvalue weighted by Crippen LogP contribution is 2.64. The highest BCUT2D eigenvalue weighted by atomic mass is 16.3. The minimum absolute atomic E-state index is 0.0669. The summed E-state index contributed by atoms with van der Waals surface area (Å²) in [6.07, 6.45) is 0. The Labute approximate surface area is 503 Å². The predicted molar refractivity (Wildman–Crippen MR) is 357 cm³/mol. The molecule has 0 bridgehead atoms. The molecule has 6 aliphatic rings. The summed E-state index contributed by atoms with van der Waals surface area (Å²) in [7, 11) is 0. The summed E-state index contributed by atoms with van der Waals surface area (Å²) in [5.41, 5.74) is 39.9. The molecule has 2 heteroatoms. The van der Waals surface area contributed by atoms with E-state index in [0.29, 0.717) is 0 Å². The van der Waals surface area contributed by atoms with Crippen molar-refractivity contribution in [3.63, 3.8) is 0 Å². The monoisotopic (exact) mass is 1110 g/mol. The Morgan fingerprint density at radius 1 is 0.221 bits per heavy atom. The van der Waals surface area contributed by atoms with Crippen LogP contribution < -0.4 is 0 Å². The quantitative estimate of drug-likeness (QED) is 0.172. The molecule has 0 N–H and O–H groups in total. The molecule has 0 aliphatic heterocycles. The van der Waals surface area contributed by atoms with Crippen LogP contribution in [0.25, 0.3) is 133 Å². The van der Waals surface area contributed by atoms with Gasteiger partial charge >= 0.3 is 0 Å². The lowest BCUT2D eigenvalue weighted by atomic mass is 9.78. The third-order valence-corrected chi connectivity index (χ3v) is 23.1. The zero-order valence-corrected chi connectivity index (χ0v) is 51.1. The van der Waals surface area contributed by atoms with Crippen molar-refractivity contribution in [2.75, 3.05) is 0 Å². The lowest BCUT2D eigenvalue weighted by Gasteiger charge is -2.25. The molecule has 0 spiro atoms. The molecule has 0 unspecified atom stereocenters. The molecule has 2 aromatic heterocycles. The lowest BCUT2D eigenvalue weighted by molar-refractivity contribution is 0.649. The van der Waals surface area contributed by atoms with E-state index in [1.807, 2.05) is 0 Å². The van der Waals surface area contributed by atoms with Crippen molar-refractivity contribution >= 4 is 43.9 Å². The smallest absolute Gasteiger partial charge is 0.144 e. The number of para-hydroxylation sites is 2. The van der Waals surface area contributed by atoms with Crippen molar-refractivity contribution in [1.29, 1.82) is 0 Å². The molecule has 6 aliphatic carbocycles. The molecule has 0 saturated carbocycles. The maximum absolute atomic E-state index is 7.28. The SMILES string of the molecule is CC1(C)c2ccccc2-c2cc3c(cc21)-c1ccc(-c2cc4c(c5c2oc2ccccc25)-c2cc5c(cc2C4(C)C)-c2c(cc(-c4ccc6c(c4)C(C)(C)c4cc7c(cc4-6)C(C)(C)c4ccccc4-7)c4c2oc2ccccc24)C5(C)C)cc1C3(C)C. The number of hydrogen-bond donors (Lipinski definition) is 0. The molecule has 0 fully saturated rings. The van der Waals surface area contributed by atoms with Crippen LogP contribution in [0, 0.1) is 0 Å². The zero-order valence-electron chi connectivity index (χ0n) is 51.1. The molecule has 11 aromatic carbocycles. The van der Waals surface area contributed by atoms with Crippen molar-refractivity contribution in [2.45, 2.75) is 116 Å². The lowest BCUT2D eigenvalue weighted by Crippen LogP contribution is -2.17. The van der Waals surface area contributed by atoms with E-state index in [1.165, 1.54) is 161 Å². The summed E-state index contributed by atoms with van der Waals surface area (Å²) in [4.78, 5) is 0. The van der Waals surface area contributed by atoms with Gasteiger partial charge in [-0.25, -0.2) is 0 Å². The van der Waals surface area contributed by atoms with Crippen LogP contribution in [-0.4, -0.2) is 0 Å². The van der Waals surface area contributed by atoms with Crippen molar-refractivity contribution in [2.24, 2.45) is 0 Å². The van der Waals surface area contributed by atoms with Gasteiger partial charge in [0, 0.05) is 65.2 Å². The van der Waals surface area contributed by atoms with Gasteiger partial charge in [-0.2, -0.15) is 0 Å². The third kappa shape index (κ3) is 5.68. The Hall–Kier alpha value is -8.98. The van der Waals surface area contributed by atoms with E-state index in [9.17, 15) is 0 Å². The van der Waals surface area contributed by atoms with Crippen LogP contribution in [0.4, 0.5) is 0 Å². The first kappa shape index (κ1) is 49.3. The van der Waals surface area contributed by atoms with Gasteiger partial charge in [0.2, 0.25) is 0 Å². The van der Waals surface area contributed by atoms with E-state index in [0.717, 1.165) is 38.7 Å². The van der Waals surface area contributed by atoms with Crippen molar-refractivity contribution in [3.05, 3.63) is 249 Å². The summed E-state index contributed by atoms with van der Waals surface area (Å²) < 4.78 is 14.5. The molecule has 13 aromatic rings. The fourth-order valence-electron chi connectivity index (χ4n) is 18.3. The van der Waals surface area contributed by atoms with E-state index in [2.05, 4.69) is 265 Å². The van der Waals surface area contributed by atoms with Crippen LogP contribution in [0.5, 0.6) is 0 Å². The zero-order chi connectivity index (χ0) is 58.4. The Morgan fingerprint density at radius 3 is 1.06 bits per heavy atom. The summed E-state index contributed by atoms with van der Waals surface area (Å²) in [6, 6.07) is 70.4. The summed E-state index contributed by atoms with van der Waals surface area (Å²) in [5, 5.41) is 4.70. The second-order valence-corrected chi connectivity index (χ2v) is 29.5. The third-order valence-electron chi connectivity index (χ3n) is 23.1. The van der Waals surface area contributed by atoms with Gasteiger partial charge in [0.15, 0.2) is 0 Å². The van der Waals surface area contributed by atoms with Gasteiger partial charge in [-0.05, 0) is 217 Å². The van der Waals surface area contributed by atoms with Gasteiger partial charge in [0.25, 0.3) is 0 Å². The summed E-state index contributed by atoms with van der Waals surface area (Å²) >= 11 is 0. The van der Waals surface area contributed by atoms with Crippen molar-refractivity contribution in [1.82, 2.24) is 0 Å². The average Bonchev–Trinajstić information content (AvgIpc) is 1.60. The summed E-state index contributed by atoms with van der Waals surface area (Å²) in [6.45, 7) is 29.1. The maximum Gasteiger partial charge on any atom is 0.144 e.